The fourth-order valence-corrected chi connectivity index (χ4v) is 3.11. The minimum absolute atomic E-state index is 0.169. The Morgan fingerprint density at radius 2 is 2.19 bits per heavy atom. The van der Waals surface area contributed by atoms with E-state index >= 15 is 0 Å². The van der Waals surface area contributed by atoms with Gasteiger partial charge >= 0.3 is 6.03 Å². The van der Waals surface area contributed by atoms with E-state index in [1.807, 2.05) is 17.5 Å². The summed E-state index contributed by atoms with van der Waals surface area (Å²) in [6.45, 7) is 0.247. The maximum Gasteiger partial charge on any atom is 0.315 e. The normalized spacial score (nSPS) is 15.8. The van der Waals surface area contributed by atoms with E-state index < -0.39 is 0 Å². The Morgan fingerprint density at radius 3 is 2.95 bits per heavy atom. The molecule has 2 N–H and O–H groups in total. The van der Waals surface area contributed by atoms with E-state index in [1.165, 1.54) is 19.3 Å². The van der Waals surface area contributed by atoms with E-state index in [1.54, 1.807) is 11.3 Å². The Morgan fingerprint density at radius 1 is 1.33 bits per heavy atom. The number of rotatable bonds is 4. The van der Waals surface area contributed by atoms with Crippen molar-refractivity contribution in [3.05, 3.63) is 23.4 Å². The van der Waals surface area contributed by atoms with E-state index in [0.717, 1.165) is 17.7 Å². The molecule has 0 saturated heterocycles. The molecule has 1 saturated carbocycles. The average molecular weight is 306 g/mol. The van der Waals surface area contributed by atoms with Crippen molar-refractivity contribution in [1.29, 1.82) is 0 Å². The third-order valence-corrected chi connectivity index (χ3v) is 4.40. The average Bonchev–Trinajstić information content (AvgIpc) is 3.17. The number of nitrogens with zero attached hydrogens (tertiary/aromatic N) is 2. The van der Waals surface area contributed by atoms with E-state index in [4.69, 9.17) is 4.42 Å². The third-order valence-electron chi connectivity index (χ3n) is 3.54. The maximum atomic E-state index is 11.8. The fraction of sp³-hybridized carbons (Fsp3) is 0.500. The van der Waals surface area contributed by atoms with Gasteiger partial charge in [-0.25, -0.2) is 4.79 Å². The Labute approximate surface area is 127 Å². The van der Waals surface area contributed by atoms with Gasteiger partial charge in [0.2, 0.25) is 5.89 Å². The van der Waals surface area contributed by atoms with Gasteiger partial charge in [-0.05, 0) is 24.3 Å². The summed E-state index contributed by atoms with van der Waals surface area (Å²) in [6, 6.07) is 3.98. The second kappa shape index (κ2) is 6.71. The van der Waals surface area contributed by atoms with Crippen molar-refractivity contribution in [2.75, 3.05) is 0 Å². The van der Waals surface area contributed by atoms with E-state index in [2.05, 4.69) is 20.8 Å². The molecule has 2 aromatic rings. The van der Waals surface area contributed by atoms with Crippen molar-refractivity contribution in [1.82, 2.24) is 20.8 Å². The van der Waals surface area contributed by atoms with Gasteiger partial charge in [0.1, 0.15) is 0 Å². The SMILES string of the molecule is O=C(NCc1nnc(-c2cccs2)o1)NC1CCCCC1. The van der Waals surface area contributed by atoms with Crippen LogP contribution < -0.4 is 10.6 Å². The third kappa shape index (κ3) is 3.81. The maximum absolute atomic E-state index is 11.8. The first-order valence-corrected chi connectivity index (χ1v) is 8.10. The Bertz CT molecular complexity index is 576. The molecule has 6 nitrogen and oxygen atoms in total. The predicted octanol–water partition coefficient (Wildman–Crippen LogP) is 2.93. The van der Waals surface area contributed by atoms with Crippen LogP contribution in [0.2, 0.25) is 0 Å². The van der Waals surface area contributed by atoms with Crippen LogP contribution in [0.1, 0.15) is 38.0 Å². The van der Waals surface area contributed by atoms with Gasteiger partial charge in [-0.2, -0.15) is 0 Å². The second-order valence-electron chi connectivity index (χ2n) is 5.14. The van der Waals surface area contributed by atoms with Gasteiger partial charge in [-0.1, -0.05) is 25.3 Å². The van der Waals surface area contributed by atoms with Crippen LogP contribution in [0.5, 0.6) is 0 Å². The van der Waals surface area contributed by atoms with Gasteiger partial charge in [0.25, 0.3) is 5.89 Å². The van der Waals surface area contributed by atoms with Crippen LogP contribution in [0.4, 0.5) is 4.79 Å². The zero-order valence-electron chi connectivity index (χ0n) is 11.7. The smallest absolute Gasteiger partial charge is 0.315 e. The van der Waals surface area contributed by atoms with Crippen LogP contribution in [-0.4, -0.2) is 22.3 Å². The zero-order chi connectivity index (χ0) is 14.5. The molecule has 0 bridgehead atoms. The van der Waals surface area contributed by atoms with Crippen LogP contribution in [0.3, 0.4) is 0 Å². The number of carbonyl (C=O) groups is 1. The molecule has 1 aliphatic carbocycles. The Kier molecular flexibility index (Phi) is 4.49. The molecule has 21 heavy (non-hydrogen) atoms. The molecular formula is C14H18N4O2S. The summed E-state index contributed by atoms with van der Waals surface area (Å²) in [5.74, 6) is 0.909. The molecule has 0 aliphatic heterocycles. The molecular weight excluding hydrogens is 288 g/mol. The summed E-state index contributed by atoms with van der Waals surface area (Å²) in [4.78, 5) is 12.7. The molecule has 0 unspecified atom stereocenters. The number of thiophene rings is 1. The highest BCUT2D eigenvalue weighted by atomic mass is 32.1. The minimum Gasteiger partial charge on any atom is -0.418 e. The standard InChI is InChI=1S/C14H18N4O2S/c19-14(16-10-5-2-1-3-6-10)15-9-12-17-18-13(20-12)11-7-4-8-21-11/h4,7-8,10H,1-3,5-6,9H2,(H2,15,16,19). The van der Waals surface area contributed by atoms with Crippen molar-refractivity contribution in [2.45, 2.75) is 44.7 Å². The number of hydrogen-bond acceptors (Lipinski definition) is 5. The molecule has 112 valence electrons. The summed E-state index contributed by atoms with van der Waals surface area (Å²) < 4.78 is 5.51. The molecule has 2 amide bonds. The lowest BCUT2D eigenvalue weighted by Gasteiger charge is -2.22. The highest BCUT2D eigenvalue weighted by molar-refractivity contribution is 7.13. The van der Waals surface area contributed by atoms with Gasteiger partial charge in [-0.15, -0.1) is 21.5 Å². The van der Waals surface area contributed by atoms with E-state index in [-0.39, 0.29) is 12.6 Å². The topological polar surface area (TPSA) is 80.1 Å². The molecule has 3 rings (SSSR count). The van der Waals surface area contributed by atoms with Crippen LogP contribution in [0.25, 0.3) is 10.8 Å². The summed E-state index contributed by atoms with van der Waals surface area (Å²) in [5.41, 5.74) is 0. The van der Waals surface area contributed by atoms with E-state index in [9.17, 15) is 4.79 Å². The first kappa shape index (κ1) is 14.1. The van der Waals surface area contributed by atoms with Gasteiger partial charge < -0.3 is 15.1 Å². The Balaban J connectivity index is 1.47. The highest BCUT2D eigenvalue weighted by Gasteiger charge is 2.16. The molecule has 0 radical (unpaired) electrons. The molecule has 0 atom stereocenters. The number of amides is 2. The van der Waals surface area contributed by atoms with Crippen LogP contribution in [-0.2, 0) is 6.54 Å². The molecule has 7 heteroatoms. The lowest BCUT2D eigenvalue weighted by molar-refractivity contribution is 0.231. The first-order chi connectivity index (χ1) is 10.3. The monoisotopic (exact) mass is 306 g/mol. The predicted molar refractivity (Wildman–Crippen MR) is 79.9 cm³/mol. The van der Waals surface area contributed by atoms with Crippen LogP contribution >= 0.6 is 11.3 Å². The fourth-order valence-electron chi connectivity index (χ4n) is 2.46. The van der Waals surface area contributed by atoms with Gasteiger partial charge in [0.15, 0.2) is 0 Å². The molecule has 1 fully saturated rings. The lowest BCUT2D eigenvalue weighted by Crippen LogP contribution is -2.42. The number of carbonyl (C=O) groups excluding carboxylic acids is 1. The summed E-state index contributed by atoms with van der Waals surface area (Å²) in [6.07, 6.45) is 5.79. The number of nitrogens with one attached hydrogen (secondary N) is 2. The Hall–Kier alpha value is -1.89. The second-order valence-corrected chi connectivity index (χ2v) is 6.09. The van der Waals surface area contributed by atoms with E-state index in [0.29, 0.717) is 17.8 Å². The molecule has 2 aromatic heterocycles. The van der Waals surface area contributed by atoms with Crippen molar-refractivity contribution in [3.63, 3.8) is 0 Å². The van der Waals surface area contributed by atoms with Crippen molar-refractivity contribution in [3.8, 4) is 10.8 Å². The molecule has 0 aromatic carbocycles. The molecule has 1 aliphatic rings. The first-order valence-electron chi connectivity index (χ1n) is 7.22. The van der Waals surface area contributed by atoms with Gasteiger partial charge in [0, 0.05) is 6.04 Å². The van der Waals surface area contributed by atoms with Crippen molar-refractivity contribution >= 4 is 17.4 Å². The zero-order valence-corrected chi connectivity index (χ0v) is 12.5. The summed E-state index contributed by atoms with van der Waals surface area (Å²) >= 11 is 1.54. The van der Waals surface area contributed by atoms with Crippen LogP contribution in [0, 0.1) is 0 Å². The van der Waals surface area contributed by atoms with Gasteiger partial charge in [-0.3, -0.25) is 0 Å². The number of aromatic nitrogens is 2. The summed E-state index contributed by atoms with van der Waals surface area (Å²) in [7, 11) is 0. The highest BCUT2D eigenvalue weighted by Crippen LogP contribution is 2.22. The van der Waals surface area contributed by atoms with Gasteiger partial charge in [0.05, 0.1) is 11.4 Å². The quantitative estimate of drug-likeness (QED) is 0.910. The number of urea groups is 1. The molecule has 0 spiro atoms. The van der Waals surface area contributed by atoms with Crippen LogP contribution in [0.15, 0.2) is 21.9 Å². The minimum atomic E-state index is -0.169. The molecule has 2 heterocycles. The lowest BCUT2D eigenvalue weighted by atomic mass is 9.96. The summed E-state index contributed by atoms with van der Waals surface area (Å²) in [5, 5.41) is 15.6. The van der Waals surface area contributed by atoms with Crippen molar-refractivity contribution in [2.24, 2.45) is 0 Å². The van der Waals surface area contributed by atoms with Crippen molar-refractivity contribution < 1.29 is 9.21 Å². The number of hydrogen-bond donors (Lipinski definition) is 2. The largest absolute Gasteiger partial charge is 0.418 e.